The van der Waals surface area contributed by atoms with Crippen LogP contribution in [0.15, 0.2) is 12.3 Å². The number of pyridine rings is 1. The molecule has 1 amide bonds. The molecule has 1 saturated heterocycles. The number of amides is 1. The van der Waals surface area contributed by atoms with Crippen molar-refractivity contribution >= 4 is 49.3 Å². The molecule has 20 heavy (non-hydrogen) atoms. The van der Waals surface area contributed by atoms with E-state index in [4.69, 9.17) is 22.3 Å². The van der Waals surface area contributed by atoms with Gasteiger partial charge in [0.2, 0.25) is 15.0 Å². The van der Waals surface area contributed by atoms with Gasteiger partial charge in [-0.2, -0.15) is 0 Å². The van der Waals surface area contributed by atoms with Crippen LogP contribution in [0.2, 0.25) is 5.02 Å². The van der Waals surface area contributed by atoms with Crippen molar-refractivity contribution in [3.8, 4) is 0 Å². The molecule has 1 fully saturated rings. The summed E-state index contributed by atoms with van der Waals surface area (Å²) in [7, 11) is 1.50. The lowest BCUT2D eigenvalue weighted by Gasteiger charge is -2.17. The van der Waals surface area contributed by atoms with Crippen LogP contribution in [-0.2, 0) is 13.8 Å². The van der Waals surface area contributed by atoms with Crippen molar-refractivity contribution < 1.29 is 18.0 Å². The van der Waals surface area contributed by atoms with Gasteiger partial charge in [-0.1, -0.05) is 11.6 Å². The topological polar surface area (TPSA) is 84.4 Å². The molecule has 1 unspecified atom stereocenters. The Labute approximate surface area is 125 Å². The lowest BCUT2D eigenvalue weighted by molar-refractivity contribution is -0.117. The molecule has 1 aromatic heterocycles. The molecule has 108 valence electrons. The molecule has 1 aliphatic heterocycles. The van der Waals surface area contributed by atoms with Crippen LogP contribution >= 0.6 is 22.3 Å². The molecule has 0 radical (unpaired) electrons. The van der Waals surface area contributed by atoms with E-state index in [-0.39, 0.29) is 41.0 Å². The fourth-order valence-corrected chi connectivity index (χ4v) is 3.65. The highest BCUT2D eigenvalue weighted by Crippen LogP contribution is 2.29. The van der Waals surface area contributed by atoms with Crippen molar-refractivity contribution in [3.05, 3.63) is 22.8 Å². The van der Waals surface area contributed by atoms with Crippen LogP contribution in [0.5, 0.6) is 0 Å². The number of hydrogen-bond acceptors (Lipinski definition) is 5. The SMILES string of the molecule is O=Cc1c(Cl)ccnc1N1CC(CS(=O)(=O)Cl)CC1=O. The predicted octanol–water partition coefficient (Wildman–Crippen LogP) is 1.47. The second-order valence-corrected chi connectivity index (χ2v) is 7.66. The van der Waals surface area contributed by atoms with Gasteiger partial charge in [0.05, 0.1) is 16.3 Å². The van der Waals surface area contributed by atoms with E-state index >= 15 is 0 Å². The maximum absolute atomic E-state index is 11.9. The first kappa shape index (κ1) is 15.2. The summed E-state index contributed by atoms with van der Waals surface area (Å²) in [5.41, 5.74) is 0.108. The fourth-order valence-electron chi connectivity index (χ4n) is 2.14. The van der Waals surface area contributed by atoms with Gasteiger partial charge in [-0.05, 0) is 6.07 Å². The molecule has 6 nitrogen and oxygen atoms in total. The molecule has 1 aliphatic rings. The Morgan fingerprint density at radius 2 is 2.20 bits per heavy atom. The second-order valence-electron chi connectivity index (χ2n) is 4.43. The zero-order valence-corrected chi connectivity index (χ0v) is 12.5. The number of carbonyl (C=O) groups excluding carboxylic acids is 2. The molecule has 0 N–H and O–H groups in total. The first-order valence-electron chi connectivity index (χ1n) is 5.64. The van der Waals surface area contributed by atoms with Gasteiger partial charge in [0.1, 0.15) is 5.82 Å². The number of nitrogens with zero attached hydrogens (tertiary/aromatic N) is 2. The average Bonchev–Trinajstić information content (AvgIpc) is 2.67. The Balaban J connectivity index is 2.29. The van der Waals surface area contributed by atoms with E-state index in [1.807, 2.05) is 0 Å². The normalized spacial score (nSPS) is 19.4. The first-order chi connectivity index (χ1) is 9.31. The van der Waals surface area contributed by atoms with E-state index in [0.29, 0.717) is 6.29 Å². The molecule has 0 aliphatic carbocycles. The van der Waals surface area contributed by atoms with E-state index < -0.39 is 15.0 Å². The monoisotopic (exact) mass is 336 g/mol. The molecule has 2 heterocycles. The maximum Gasteiger partial charge on any atom is 0.232 e. The molecular formula is C11H10Cl2N2O4S. The lowest BCUT2D eigenvalue weighted by Crippen LogP contribution is -2.27. The molecule has 1 aromatic rings. The number of hydrogen-bond donors (Lipinski definition) is 0. The van der Waals surface area contributed by atoms with Gasteiger partial charge < -0.3 is 0 Å². The molecule has 0 saturated carbocycles. The summed E-state index contributed by atoms with van der Waals surface area (Å²) in [4.78, 5) is 28.2. The number of halogens is 2. The standard InChI is InChI=1S/C11H10Cl2N2O4S/c12-9-1-2-14-11(8(9)5-16)15-4-7(3-10(15)17)6-20(13,18)19/h1-2,5,7H,3-4,6H2. The summed E-state index contributed by atoms with van der Waals surface area (Å²) in [6.45, 7) is 0.138. The Kier molecular flexibility index (Phi) is 4.31. The predicted molar refractivity (Wildman–Crippen MR) is 74.7 cm³/mol. The first-order valence-corrected chi connectivity index (χ1v) is 8.50. The zero-order chi connectivity index (χ0) is 14.9. The quantitative estimate of drug-likeness (QED) is 0.614. The Morgan fingerprint density at radius 1 is 1.50 bits per heavy atom. The summed E-state index contributed by atoms with van der Waals surface area (Å²) in [5.74, 6) is -0.890. The van der Waals surface area contributed by atoms with Crippen LogP contribution in [0.4, 0.5) is 5.82 Å². The van der Waals surface area contributed by atoms with Crippen molar-refractivity contribution in [1.82, 2.24) is 4.98 Å². The maximum atomic E-state index is 11.9. The van der Waals surface area contributed by atoms with E-state index in [9.17, 15) is 18.0 Å². The van der Waals surface area contributed by atoms with Gasteiger partial charge in [-0.25, -0.2) is 13.4 Å². The van der Waals surface area contributed by atoms with Crippen molar-refractivity contribution in [2.45, 2.75) is 6.42 Å². The van der Waals surface area contributed by atoms with Gasteiger partial charge >= 0.3 is 0 Å². The summed E-state index contributed by atoms with van der Waals surface area (Å²) < 4.78 is 22.1. The van der Waals surface area contributed by atoms with Crippen molar-refractivity contribution in [2.75, 3.05) is 17.2 Å². The molecular weight excluding hydrogens is 327 g/mol. The van der Waals surface area contributed by atoms with Crippen molar-refractivity contribution in [3.63, 3.8) is 0 Å². The van der Waals surface area contributed by atoms with Gasteiger partial charge in [-0.15, -0.1) is 0 Å². The molecule has 0 spiro atoms. The highest BCUT2D eigenvalue weighted by atomic mass is 35.7. The van der Waals surface area contributed by atoms with Crippen molar-refractivity contribution in [1.29, 1.82) is 0 Å². The van der Waals surface area contributed by atoms with Crippen LogP contribution in [0.3, 0.4) is 0 Å². The number of rotatable bonds is 4. The largest absolute Gasteiger partial charge is 0.298 e. The zero-order valence-electron chi connectivity index (χ0n) is 10.1. The van der Waals surface area contributed by atoms with Gasteiger partial charge in [-0.3, -0.25) is 14.5 Å². The van der Waals surface area contributed by atoms with Crippen LogP contribution in [-0.4, -0.2) is 37.9 Å². The van der Waals surface area contributed by atoms with E-state index in [0.717, 1.165) is 0 Å². The van der Waals surface area contributed by atoms with E-state index in [1.165, 1.54) is 17.2 Å². The number of aldehydes is 1. The Morgan fingerprint density at radius 3 is 2.80 bits per heavy atom. The van der Waals surface area contributed by atoms with E-state index in [1.54, 1.807) is 0 Å². The van der Waals surface area contributed by atoms with Crippen LogP contribution in [0.1, 0.15) is 16.8 Å². The summed E-state index contributed by atoms with van der Waals surface area (Å²) in [5, 5.41) is 0.186. The minimum Gasteiger partial charge on any atom is -0.298 e. The molecule has 9 heteroatoms. The third-order valence-electron chi connectivity index (χ3n) is 2.93. The van der Waals surface area contributed by atoms with Crippen LogP contribution in [0, 0.1) is 5.92 Å². The van der Waals surface area contributed by atoms with Gasteiger partial charge in [0.15, 0.2) is 6.29 Å². The third kappa shape index (κ3) is 3.28. The molecule has 0 bridgehead atoms. The summed E-state index contributed by atoms with van der Waals surface area (Å²) in [6.07, 6.45) is 1.94. The second kappa shape index (κ2) is 5.67. The summed E-state index contributed by atoms with van der Waals surface area (Å²) >= 11 is 5.87. The lowest BCUT2D eigenvalue weighted by atomic mass is 10.1. The molecule has 2 rings (SSSR count). The minimum atomic E-state index is -3.68. The highest BCUT2D eigenvalue weighted by molar-refractivity contribution is 8.13. The Hall–Kier alpha value is -1.18. The summed E-state index contributed by atoms with van der Waals surface area (Å²) in [6, 6.07) is 1.44. The Bertz CT molecular complexity index is 662. The minimum absolute atomic E-state index is 0.0401. The fraction of sp³-hybridized carbons (Fsp3) is 0.364. The average molecular weight is 337 g/mol. The number of carbonyl (C=O) groups is 2. The van der Waals surface area contributed by atoms with Gasteiger partial charge in [0.25, 0.3) is 0 Å². The van der Waals surface area contributed by atoms with Gasteiger partial charge in [0, 0.05) is 35.8 Å². The van der Waals surface area contributed by atoms with Crippen molar-refractivity contribution in [2.24, 2.45) is 5.92 Å². The highest BCUT2D eigenvalue weighted by Gasteiger charge is 2.35. The smallest absolute Gasteiger partial charge is 0.232 e. The molecule has 1 atom stereocenters. The number of aromatic nitrogens is 1. The number of anilines is 1. The molecule has 0 aromatic carbocycles. The van der Waals surface area contributed by atoms with Crippen LogP contribution < -0.4 is 4.90 Å². The third-order valence-corrected chi connectivity index (χ3v) is 4.51. The van der Waals surface area contributed by atoms with Crippen LogP contribution in [0.25, 0.3) is 0 Å². The van der Waals surface area contributed by atoms with E-state index in [2.05, 4.69) is 4.98 Å².